The van der Waals surface area contributed by atoms with E-state index in [-0.39, 0.29) is 24.5 Å². The molecule has 0 aromatic carbocycles. The number of carbonyl (C=O) groups excluding carboxylic acids is 1. The second kappa shape index (κ2) is 8.86. The third-order valence-corrected chi connectivity index (χ3v) is 4.74. The monoisotopic (exact) mass is 301 g/mol. The maximum atomic E-state index is 11.1. The maximum Gasteiger partial charge on any atom is 0.315 e. The summed E-state index contributed by atoms with van der Waals surface area (Å²) >= 11 is 1.87. The molecule has 20 heavy (non-hydrogen) atoms. The first-order valence-electron chi connectivity index (χ1n) is 6.80. The molecule has 0 unspecified atom stereocenters. The van der Waals surface area contributed by atoms with E-state index in [2.05, 4.69) is 17.2 Å². The molecule has 2 aliphatic rings. The van der Waals surface area contributed by atoms with Gasteiger partial charge in [0.1, 0.15) is 0 Å². The zero-order chi connectivity index (χ0) is 15.0. The van der Waals surface area contributed by atoms with Gasteiger partial charge in [0.2, 0.25) is 0 Å². The highest BCUT2D eigenvalue weighted by atomic mass is 32.2. The highest BCUT2D eigenvalue weighted by Crippen LogP contribution is 2.33. The van der Waals surface area contributed by atoms with E-state index in [1.54, 1.807) is 6.08 Å². The van der Waals surface area contributed by atoms with Crippen LogP contribution in [0.5, 0.6) is 0 Å². The van der Waals surface area contributed by atoms with Gasteiger partial charge < -0.3 is 21.5 Å². The van der Waals surface area contributed by atoms with E-state index in [9.17, 15) is 9.59 Å². The predicted octanol–water partition coefficient (Wildman–Crippen LogP) is 0.928. The summed E-state index contributed by atoms with van der Waals surface area (Å²) in [5.74, 6) is 0.236. The van der Waals surface area contributed by atoms with Gasteiger partial charge in [-0.1, -0.05) is 12.5 Å². The van der Waals surface area contributed by atoms with Crippen LogP contribution in [0, 0.1) is 0 Å². The normalized spacial score (nSPS) is 26.9. The van der Waals surface area contributed by atoms with Gasteiger partial charge in [0, 0.05) is 24.0 Å². The number of hydrogen-bond donors (Lipinski definition) is 4. The lowest BCUT2D eigenvalue weighted by atomic mass is 10.0. The molecular weight excluding hydrogens is 278 g/mol. The van der Waals surface area contributed by atoms with Crippen LogP contribution in [-0.4, -0.2) is 46.7 Å². The van der Waals surface area contributed by atoms with Crippen molar-refractivity contribution in [2.24, 2.45) is 5.73 Å². The molecule has 0 radical (unpaired) electrons. The molecule has 5 N–H and O–H groups in total. The van der Waals surface area contributed by atoms with E-state index in [0.717, 1.165) is 25.0 Å². The summed E-state index contributed by atoms with van der Waals surface area (Å²) in [4.78, 5) is 21.5. The molecule has 2 rings (SSSR count). The summed E-state index contributed by atoms with van der Waals surface area (Å²) in [6.45, 7) is 3.94. The number of amides is 2. The lowest BCUT2D eigenvalue weighted by Crippen LogP contribution is -2.36. The van der Waals surface area contributed by atoms with Crippen LogP contribution in [0.2, 0.25) is 0 Å². The number of nitrogens with one attached hydrogen (secondary N) is 2. The van der Waals surface area contributed by atoms with E-state index < -0.39 is 5.97 Å². The summed E-state index contributed by atoms with van der Waals surface area (Å²) in [5.41, 5.74) is 4.91. The highest BCUT2D eigenvalue weighted by molar-refractivity contribution is 8.00. The van der Waals surface area contributed by atoms with Gasteiger partial charge in [-0.15, -0.1) is 6.58 Å². The van der Waals surface area contributed by atoms with Crippen molar-refractivity contribution in [1.29, 1.82) is 0 Å². The van der Waals surface area contributed by atoms with Crippen LogP contribution in [0.1, 0.15) is 25.7 Å². The van der Waals surface area contributed by atoms with Crippen molar-refractivity contribution < 1.29 is 14.7 Å². The van der Waals surface area contributed by atoms with E-state index in [0.29, 0.717) is 11.8 Å². The average molecular weight is 301 g/mol. The first kappa shape index (κ1) is 16.8. The Morgan fingerprint density at radius 1 is 1.50 bits per heavy atom. The Morgan fingerprint density at radius 3 is 2.80 bits per heavy atom. The fraction of sp³-hybridized carbons (Fsp3) is 0.692. The van der Waals surface area contributed by atoms with Crippen molar-refractivity contribution in [3.63, 3.8) is 0 Å². The number of thioether (sulfide) groups is 1. The molecule has 2 aliphatic heterocycles. The van der Waals surface area contributed by atoms with Gasteiger partial charge >= 0.3 is 12.0 Å². The third kappa shape index (κ3) is 5.42. The van der Waals surface area contributed by atoms with Gasteiger partial charge in [-0.05, 0) is 12.8 Å². The van der Waals surface area contributed by atoms with Crippen molar-refractivity contribution in [2.75, 3.05) is 12.3 Å². The molecular formula is C13H23N3O3S. The molecule has 0 bridgehead atoms. The van der Waals surface area contributed by atoms with Gasteiger partial charge in [-0.25, -0.2) is 4.79 Å². The fourth-order valence-corrected chi connectivity index (χ4v) is 3.81. The van der Waals surface area contributed by atoms with Crippen LogP contribution in [0.25, 0.3) is 0 Å². The largest absolute Gasteiger partial charge is 0.481 e. The number of rotatable bonds is 6. The lowest BCUT2D eigenvalue weighted by Gasteiger charge is -2.16. The van der Waals surface area contributed by atoms with Gasteiger partial charge in [0.05, 0.1) is 12.1 Å². The Labute approximate surface area is 123 Å². The van der Waals surface area contributed by atoms with E-state index in [1.165, 1.54) is 0 Å². The minimum Gasteiger partial charge on any atom is -0.481 e. The zero-order valence-corrected chi connectivity index (χ0v) is 12.3. The van der Waals surface area contributed by atoms with E-state index in [4.69, 9.17) is 10.8 Å². The lowest BCUT2D eigenvalue weighted by molar-refractivity contribution is -0.137. The molecule has 0 aromatic rings. The van der Waals surface area contributed by atoms with Crippen LogP contribution in [0.3, 0.4) is 0 Å². The van der Waals surface area contributed by atoms with Crippen LogP contribution in [-0.2, 0) is 4.79 Å². The maximum absolute atomic E-state index is 11.1. The Hall–Kier alpha value is -1.21. The molecule has 2 heterocycles. The molecule has 0 spiro atoms. The number of hydrogen-bond acceptors (Lipinski definition) is 4. The molecule has 2 amide bonds. The number of unbranched alkanes of at least 4 members (excludes halogenated alkanes) is 1. The average Bonchev–Trinajstić information content (AvgIpc) is 2.94. The summed E-state index contributed by atoms with van der Waals surface area (Å²) in [6, 6.07) is 0.440. The predicted molar refractivity (Wildman–Crippen MR) is 80.8 cm³/mol. The van der Waals surface area contributed by atoms with Crippen LogP contribution >= 0.6 is 11.8 Å². The quantitative estimate of drug-likeness (QED) is 0.332. The molecule has 2 fully saturated rings. The molecule has 0 aliphatic carbocycles. The minimum absolute atomic E-state index is 0.0640. The van der Waals surface area contributed by atoms with E-state index >= 15 is 0 Å². The first-order chi connectivity index (χ1) is 9.58. The molecule has 3 atom stereocenters. The highest BCUT2D eigenvalue weighted by Gasteiger charge is 2.42. The number of carboxylic acids is 1. The second-order valence-corrected chi connectivity index (χ2v) is 6.06. The molecule has 0 saturated carbocycles. The second-order valence-electron chi connectivity index (χ2n) is 4.79. The Kier molecular flexibility index (Phi) is 7.46. The number of fused-ring (bicyclic) bond motifs is 1. The number of nitrogens with two attached hydrogens (primary N) is 1. The van der Waals surface area contributed by atoms with Gasteiger partial charge in [-0.3, -0.25) is 4.79 Å². The molecule has 114 valence electrons. The topological polar surface area (TPSA) is 104 Å². The minimum atomic E-state index is -0.729. The summed E-state index contributed by atoms with van der Waals surface area (Å²) in [5, 5.41) is 14.8. The molecule has 0 aromatic heterocycles. The van der Waals surface area contributed by atoms with Gasteiger partial charge in [0.25, 0.3) is 0 Å². The zero-order valence-electron chi connectivity index (χ0n) is 11.5. The van der Waals surface area contributed by atoms with Crippen LogP contribution in [0.4, 0.5) is 4.79 Å². The Bertz CT molecular complexity index is 352. The van der Waals surface area contributed by atoms with Crippen LogP contribution < -0.4 is 16.4 Å². The fourth-order valence-electron chi connectivity index (χ4n) is 2.26. The Morgan fingerprint density at radius 2 is 2.20 bits per heavy atom. The van der Waals surface area contributed by atoms with Gasteiger partial charge in [0.15, 0.2) is 0 Å². The van der Waals surface area contributed by atoms with Crippen molar-refractivity contribution in [3.05, 3.63) is 12.7 Å². The summed E-state index contributed by atoms with van der Waals surface area (Å²) in [6.07, 6.45) is 4.53. The number of urea groups is 1. The third-order valence-electron chi connectivity index (χ3n) is 3.23. The molecule has 6 nitrogen and oxygen atoms in total. The molecule has 7 heteroatoms. The van der Waals surface area contributed by atoms with E-state index in [1.807, 2.05) is 11.8 Å². The number of aliphatic carboxylic acids is 1. The van der Waals surface area contributed by atoms with Crippen molar-refractivity contribution in [1.82, 2.24) is 10.6 Å². The van der Waals surface area contributed by atoms with Crippen molar-refractivity contribution in [3.8, 4) is 0 Å². The first-order valence-corrected chi connectivity index (χ1v) is 7.84. The molecule has 2 saturated heterocycles. The SMILES string of the molecule is C=CCN.O=C(O)CCCC[C@@H]1SC[C@@H]2NC(=O)N[C@@H]21. The summed E-state index contributed by atoms with van der Waals surface area (Å²) < 4.78 is 0. The standard InChI is InChI=1S/C10H16N2O3S.C3H7N/c13-8(14)4-2-1-3-7-9-6(5-16-7)11-10(15)12-9;1-2-3-4/h6-7,9H,1-5H2,(H,13,14)(H2,11,12,15);2H,1,3-4H2/t6-,7-,9-;/m0./s1. The Balaban J connectivity index is 0.000000444. The van der Waals surface area contributed by atoms with Crippen molar-refractivity contribution >= 4 is 23.8 Å². The van der Waals surface area contributed by atoms with Crippen LogP contribution in [0.15, 0.2) is 12.7 Å². The number of carboxylic acid groups (broad SMARTS) is 1. The van der Waals surface area contributed by atoms with Gasteiger partial charge in [-0.2, -0.15) is 11.8 Å². The smallest absolute Gasteiger partial charge is 0.315 e. The summed E-state index contributed by atoms with van der Waals surface area (Å²) in [7, 11) is 0. The van der Waals surface area contributed by atoms with Crippen molar-refractivity contribution in [2.45, 2.75) is 43.0 Å². The number of carbonyl (C=O) groups is 2.